The van der Waals surface area contributed by atoms with Crippen molar-refractivity contribution in [1.29, 1.82) is 0 Å². The third-order valence-electron chi connectivity index (χ3n) is 1.82. The van der Waals surface area contributed by atoms with E-state index in [1.165, 1.54) is 12.3 Å². The largest absolute Gasteiger partial charge is 0.459 e. The van der Waals surface area contributed by atoms with Crippen molar-refractivity contribution < 1.29 is 9.53 Å². The van der Waals surface area contributed by atoms with Crippen LogP contribution in [0.3, 0.4) is 0 Å². The number of nitrogens with one attached hydrogen (secondary N) is 1. The number of aromatic amines is 1. The van der Waals surface area contributed by atoms with Crippen molar-refractivity contribution >= 4 is 5.97 Å². The molecule has 16 heavy (non-hydrogen) atoms. The number of ether oxygens (including phenoxy) is 1. The molecule has 1 rings (SSSR count). The van der Waals surface area contributed by atoms with Crippen molar-refractivity contribution in [2.75, 3.05) is 0 Å². The highest BCUT2D eigenvalue weighted by Gasteiger charge is 2.23. The number of H-pyrrole nitrogens is 1. The van der Waals surface area contributed by atoms with Crippen LogP contribution in [0.4, 0.5) is 0 Å². The predicted octanol–water partition coefficient (Wildman–Crippen LogP) is 0.716. The maximum absolute atomic E-state index is 11.6. The van der Waals surface area contributed by atoms with Gasteiger partial charge in [0.1, 0.15) is 11.6 Å². The normalized spacial score (nSPS) is 13.2. The number of nitrogens with two attached hydrogens (primary N) is 1. The van der Waals surface area contributed by atoms with E-state index >= 15 is 0 Å². The number of hydrogen-bond acceptors (Lipinski definition) is 4. The Bertz CT molecular complexity index is 431. The quantitative estimate of drug-likeness (QED) is 0.725. The van der Waals surface area contributed by atoms with Crippen molar-refractivity contribution in [3.05, 3.63) is 34.2 Å². The minimum absolute atomic E-state index is 0.295. The van der Waals surface area contributed by atoms with E-state index in [1.54, 1.807) is 26.8 Å². The first-order valence-corrected chi connectivity index (χ1v) is 4.97. The summed E-state index contributed by atoms with van der Waals surface area (Å²) in [6.45, 7) is 5.28. The van der Waals surface area contributed by atoms with Crippen LogP contribution in [0.1, 0.15) is 32.4 Å². The standard InChI is InChI=1S/C11H16N2O3/c1-11(2,3)16-10(15)9(12)7-4-5-13-8(14)6-7/h4-6,9H,12H2,1-3H3,(H,13,14)/t9-/m1/s1. The maximum atomic E-state index is 11.6. The lowest BCUT2D eigenvalue weighted by molar-refractivity contribution is -0.156. The Morgan fingerprint density at radius 1 is 1.50 bits per heavy atom. The zero-order chi connectivity index (χ0) is 12.3. The van der Waals surface area contributed by atoms with Gasteiger partial charge in [-0.3, -0.25) is 4.79 Å². The van der Waals surface area contributed by atoms with Crippen LogP contribution in [0.15, 0.2) is 23.1 Å². The summed E-state index contributed by atoms with van der Waals surface area (Å²) in [4.78, 5) is 25.1. The van der Waals surface area contributed by atoms with Crippen LogP contribution < -0.4 is 11.3 Å². The molecule has 0 unspecified atom stereocenters. The van der Waals surface area contributed by atoms with Gasteiger partial charge in [-0.05, 0) is 32.4 Å². The zero-order valence-corrected chi connectivity index (χ0v) is 9.61. The molecule has 5 heteroatoms. The molecule has 0 aromatic carbocycles. The molecule has 1 heterocycles. The molecule has 0 amide bonds. The smallest absolute Gasteiger partial charge is 0.328 e. The van der Waals surface area contributed by atoms with Crippen molar-refractivity contribution in [3.8, 4) is 0 Å². The van der Waals surface area contributed by atoms with Crippen molar-refractivity contribution in [3.63, 3.8) is 0 Å². The van der Waals surface area contributed by atoms with Gasteiger partial charge in [-0.1, -0.05) is 0 Å². The highest BCUT2D eigenvalue weighted by molar-refractivity contribution is 5.77. The maximum Gasteiger partial charge on any atom is 0.328 e. The lowest BCUT2D eigenvalue weighted by Crippen LogP contribution is -2.32. The zero-order valence-electron chi connectivity index (χ0n) is 9.61. The molecule has 3 N–H and O–H groups in total. The first-order chi connectivity index (χ1) is 7.29. The summed E-state index contributed by atoms with van der Waals surface area (Å²) in [5.41, 5.74) is 5.25. The molecule has 0 bridgehead atoms. The Morgan fingerprint density at radius 2 is 2.12 bits per heavy atom. The van der Waals surface area contributed by atoms with Crippen LogP contribution in [0, 0.1) is 0 Å². The van der Waals surface area contributed by atoms with Crippen LogP contribution >= 0.6 is 0 Å². The Kier molecular flexibility index (Phi) is 3.49. The van der Waals surface area contributed by atoms with Crippen molar-refractivity contribution in [2.24, 2.45) is 5.73 Å². The summed E-state index contributed by atoms with van der Waals surface area (Å²) in [5, 5.41) is 0. The third kappa shape index (κ3) is 3.51. The molecule has 0 saturated carbocycles. The van der Waals surface area contributed by atoms with E-state index in [-0.39, 0.29) is 5.56 Å². The molecule has 5 nitrogen and oxygen atoms in total. The number of carbonyl (C=O) groups excluding carboxylic acids is 1. The fraction of sp³-hybridized carbons (Fsp3) is 0.455. The second kappa shape index (κ2) is 4.49. The van der Waals surface area contributed by atoms with Gasteiger partial charge in [-0.15, -0.1) is 0 Å². The van der Waals surface area contributed by atoms with E-state index in [4.69, 9.17) is 10.5 Å². The third-order valence-corrected chi connectivity index (χ3v) is 1.82. The Labute approximate surface area is 93.6 Å². The van der Waals surface area contributed by atoms with E-state index in [0.29, 0.717) is 5.56 Å². The summed E-state index contributed by atoms with van der Waals surface area (Å²) in [7, 11) is 0. The average molecular weight is 224 g/mol. The van der Waals surface area contributed by atoms with Crippen LogP contribution in [0.25, 0.3) is 0 Å². The number of carbonyl (C=O) groups is 1. The molecule has 0 aliphatic carbocycles. The van der Waals surface area contributed by atoms with Gasteiger partial charge in [-0.25, -0.2) is 4.79 Å². The Morgan fingerprint density at radius 3 is 2.62 bits per heavy atom. The predicted molar refractivity (Wildman–Crippen MR) is 59.8 cm³/mol. The lowest BCUT2D eigenvalue weighted by atomic mass is 10.1. The summed E-state index contributed by atoms with van der Waals surface area (Å²) >= 11 is 0. The van der Waals surface area contributed by atoms with Crippen molar-refractivity contribution in [2.45, 2.75) is 32.4 Å². The molecule has 88 valence electrons. The Balaban J connectivity index is 2.82. The van der Waals surface area contributed by atoms with E-state index < -0.39 is 17.6 Å². The van der Waals surface area contributed by atoms with Crippen molar-refractivity contribution in [1.82, 2.24) is 4.98 Å². The monoisotopic (exact) mass is 224 g/mol. The first-order valence-electron chi connectivity index (χ1n) is 4.97. The lowest BCUT2D eigenvalue weighted by Gasteiger charge is -2.22. The van der Waals surface area contributed by atoms with Gasteiger partial charge >= 0.3 is 5.97 Å². The summed E-state index contributed by atoms with van der Waals surface area (Å²) in [6, 6.07) is 1.94. The second-order valence-corrected chi connectivity index (χ2v) is 4.50. The molecule has 0 spiro atoms. The highest BCUT2D eigenvalue weighted by Crippen LogP contribution is 2.14. The summed E-state index contributed by atoms with van der Waals surface area (Å²) in [5.74, 6) is -0.543. The SMILES string of the molecule is CC(C)(C)OC(=O)[C@H](N)c1cc[nH]c(=O)c1. The number of aromatic nitrogens is 1. The number of esters is 1. The molecular formula is C11H16N2O3. The molecule has 0 radical (unpaired) electrons. The fourth-order valence-corrected chi connectivity index (χ4v) is 1.16. The molecule has 0 aliphatic rings. The minimum atomic E-state index is -0.929. The fourth-order valence-electron chi connectivity index (χ4n) is 1.16. The topological polar surface area (TPSA) is 85.2 Å². The second-order valence-electron chi connectivity index (χ2n) is 4.50. The number of hydrogen-bond donors (Lipinski definition) is 2. The molecule has 0 saturated heterocycles. The summed E-state index contributed by atoms with van der Waals surface area (Å²) < 4.78 is 5.12. The molecule has 1 aromatic heterocycles. The van der Waals surface area contributed by atoms with Crippen LogP contribution in [-0.2, 0) is 9.53 Å². The van der Waals surface area contributed by atoms with E-state index in [2.05, 4.69) is 4.98 Å². The van der Waals surface area contributed by atoms with Gasteiger partial charge in [0.15, 0.2) is 0 Å². The summed E-state index contributed by atoms with van der Waals surface area (Å²) in [6.07, 6.45) is 1.45. The molecule has 0 fully saturated rings. The van der Waals surface area contributed by atoms with Crippen LogP contribution in [0.2, 0.25) is 0 Å². The van der Waals surface area contributed by atoms with Gasteiger partial charge in [0.05, 0.1) is 0 Å². The Hall–Kier alpha value is -1.62. The van der Waals surface area contributed by atoms with Gasteiger partial charge in [0.2, 0.25) is 5.56 Å². The van der Waals surface area contributed by atoms with Gasteiger partial charge in [0, 0.05) is 12.3 Å². The van der Waals surface area contributed by atoms with Crippen LogP contribution in [-0.4, -0.2) is 16.6 Å². The van der Waals surface area contributed by atoms with E-state index in [9.17, 15) is 9.59 Å². The highest BCUT2D eigenvalue weighted by atomic mass is 16.6. The molecular weight excluding hydrogens is 208 g/mol. The molecule has 1 aromatic rings. The number of pyridine rings is 1. The minimum Gasteiger partial charge on any atom is -0.459 e. The van der Waals surface area contributed by atoms with E-state index in [1.807, 2.05) is 0 Å². The van der Waals surface area contributed by atoms with Crippen LogP contribution in [0.5, 0.6) is 0 Å². The van der Waals surface area contributed by atoms with Gasteiger partial charge in [-0.2, -0.15) is 0 Å². The average Bonchev–Trinajstić information content (AvgIpc) is 2.14. The number of rotatable bonds is 2. The molecule has 0 aliphatic heterocycles. The first kappa shape index (κ1) is 12.4. The van der Waals surface area contributed by atoms with Gasteiger partial charge < -0.3 is 15.5 Å². The van der Waals surface area contributed by atoms with E-state index in [0.717, 1.165) is 0 Å². The van der Waals surface area contributed by atoms with Gasteiger partial charge in [0.25, 0.3) is 0 Å². The molecule has 1 atom stereocenters.